The molecule has 0 aromatic carbocycles. The second-order valence-corrected chi connectivity index (χ2v) is 6.31. The molecular formula is C17H26ClIN6O. The molecule has 0 unspecified atom stereocenters. The van der Waals surface area contributed by atoms with E-state index in [0.717, 1.165) is 37.8 Å². The third-order valence-corrected chi connectivity index (χ3v) is 4.23. The number of pyridine rings is 1. The van der Waals surface area contributed by atoms with Crippen LogP contribution in [0, 0.1) is 0 Å². The summed E-state index contributed by atoms with van der Waals surface area (Å²) in [4.78, 5) is 26.2. The molecule has 0 spiro atoms. The van der Waals surface area contributed by atoms with E-state index in [9.17, 15) is 4.79 Å². The summed E-state index contributed by atoms with van der Waals surface area (Å²) in [7, 11) is 3.46. The van der Waals surface area contributed by atoms with Crippen molar-refractivity contribution in [1.29, 1.82) is 0 Å². The summed E-state index contributed by atoms with van der Waals surface area (Å²) in [5.74, 6) is 0.704. The van der Waals surface area contributed by atoms with Crippen molar-refractivity contribution >= 4 is 53.1 Å². The molecule has 1 amide bonds. The minimum absolute atomic E-state index is 0. The fourth-order valence-corrected chi connectivity index (χ4v) is 2.74. The third kappa shape index (κ3) is 6.31. The van der Waals surface area contributed by atoms with E-state index in [1.54, 1.807) is 32.6 Å². The van der Waals surface area contributed by atoms with Crippen LogP contribution in [-0.4, -0.2) is 80.0 Å². The van der Waals surface area contributed by atoms with Gasteiger partial charge in [0.15, 0.2) is 5.96 Å². The summed E-state index contributed by atoms with van der Waals surface area (Å²) in [6.07, 6.45) is 5.18. The molecule has 0 saturated carbocycles. The third-order valence-electron chi connectivity index (χ3n) is 3.94. The van der Waals surface area contributed by atoms with Gasteiger partial charge in [0.1, 0.15) is 6.54 Å². The number of guanidine groups is 1. The molecule has 26 heavy (non-hydrogen) atoms. The number of likely N-dealkylation sites (N-methyl/N-ethyl adjacent to an activating group) is 1. The van der Waals surface area contributed by atoms with E-state index in [1.807, 2.05) is 6.07 Å². The first-order valence-corrected chi connectivity index (χ1v) is 8.59. The summed E-state index contributed by atoms with van der Waals surface area (Å²) in [6, 6.07) is 1.93. The highest BCUT2D eigenvalue weighted by Crippen LogP contribution is 2.25. The molecule has 1 N–H and O–H groups in total. The SMILES string of the molecule is C=CCNC(=NCC(=O)N(C)C)N1CCN(c2ccncc2Cl)CC1.I. The number of amides is 1. The van der Waals surface area contributed by atoms with Gasteiger partial charge < -0.3 is 20.0 Å². The molecule has 7 nitrogen and oxygen atoms in total. The Bertz CT molecular complexity index is 631. The Kier molecular flexibility index (Phi) is 9.71. The van der Waals surface area contributed by atoms with Crippen molar-refractivity contribution in [2.45, 2.75) is 0 Å². The first kappa shape index (κ1) is 22.5. The van der Waals surface area contributed by atoms with Crippen molar-refractivity contribution in [2.75, 3.05) is 58.3 Å². The zero-order valence-corrected chi connectivity index (χ0v) is 18.3. The van der Waals surface area contributed by atoms with Crippen molar-refractivity contribution in [2.24, 2.45) is 4.99 Å². The molecule has 1 fully saturated rings. The molecule has 2 rings (SSSR count). The van der Waals surface area contributed by atoms with Gasteiger partial charge in [-0.15, -0.1) is 30.6 Å². The van der Waals surface area contributed by atoms with Gasteiger partial charge in [0.25, 0.3) is 0 Å². The Balaban J connectivity index is 0.00000338. The van der Waals surface area contributed by atoms with Crippen LogP contribution in [-0.2, 0) is 4.79 Å². The number of rotatable bonds is 5. The molecule has 9 heteroatoms. The van der Waals surface area contributed by atoms with Gasteiger partial charge in [0.05, 0.1) is 10.7 Å². The Morgan fingerprint density at radius 1 is 1.42 bits per heavy atom. The highest BCUT2D eigenvalue weighted by molar-refractivity contribution is 14.0. The summed E-state index contributed by atoms with van der Waals surface area (Å²) >= 11 is 6.23. The Morgan fingerprint density at radius 3 is 2.69 bits per heavy atom. The molecule has 1 aliphatic rings. The normalized spacial score (nSPS) is 14.5. The lowest BCUT2D eigenvalue weighted by atomic mass is 10.2. The summed E-state index contributed by atoms with van der Waals surface area (Å²) in [5, 5.41) is 3.89. The predicted molar refractivity (Wildman–Crippen MR) is 118 cm³/mol. The largest absolute Gasteiger partial charge is 0.367 e. The first-order chi connectivity index (χ1) is 12.0. The number of carbonyl (C=O) groups excluding carboxylic acids is 1. The molecule has 0 radical (unpaired) electrons. The maximum Gasteiger partial charge on any atom is 0.243 e. The second kappa shape index (κ2) is 11.2. The van der Waals surface area contributed by atoms with Crippen LogP contribution in [0.4, 0.5) is 5.69 Å². The molecule has 1 saturated heterocycles. The maximum atomic E-state index is 11.8. The van der Waals surface area contributed by atoms with Gasteiger partial charge >= 0.3 is 0 Å². The Labute approximate surface area is 177 Å². The average molecular weight is 493 g/mol. The summed E-state index contributed by atoms with van der Waals surface area (Å²) < 4.78 is 0. The number of anilines is 1. The fraction of sp³-hybridized carbons (Fsp3) is 0.471. The quantitative estimate of drug-likeness (QED) is 0.293. The van der Waals surface area contributed by atoms with Crippen LogP contribution in [0.2, 0.25) is 5.02 Å². The van der Waals surface area contributed by atoms with Gasteiger partial charge in [-0.3, -0.25) is 9.78 Å². The van der Waals surface area contributed by atoms with Crippen LogP contribution in [0.1, 0.15) is 0 Å². The van der Waals surface area contributed by atoms with Crippen LogP contribution < -0.4 is 10.2 Å². The van der Waals surface area contributed by atoms with E-state index < -0.39 is 0 Å². The highest BCUT2D eigenvalue weighted by Gasteiger charge is 2.21. The van der Waals surface area contributed by atoms with Crippen molar-refractivity contribution in [3.63, 3.8) is 0 Å². The summed E-state index contributed by atoms with van der Waals surface area (Å²) in [6.45, 7) is 7.67. The lowest BCUT2D eigenvalue weighted by molar-refractivity contribution is -0.127. The Hall–Kier alpha value is -1.55. The van der Waals surface area contributed by atoms with Crippen molar-refractivity contribution in [1.82, 2.24) is 20.1 Å². The minimum atomic E-state index is -0.0277. The summed E-state index contributed by atoms with van der Waals surface area (Å²) in [5.41, 5.74) is 0.997. The molecule has 1 aromatic heterocycles. The maximum absolute atomic E-state index is 11.8. The van der Waals surface area contributed by atoms with Gasteiger partial charge in [-0.1, -0.05) is 17.7 Å². The van der Waals surface area contributed by atoms with E-state index in [2.05, 4.69) is 31.7 Å². The number of halogens is 2. The lowest BCUT2D eigenvalue weighted by Gasteiger charge is -2.38. The molecule has 0 atom stereocenters. The van der Waals surface area contributed by atoms with Crippen molar-refractivity contribution in [3.8, 4) is 0 Å². The van der Waals surface area contributed by atoms with Crippen molar-refractivity contribution < 1.29 is 4.79 Å². The van der Waals surface area contributed by atoms with E-state index in [0.29, 0.717) is 11.6 Å². The second-order valence-electron chi connectivity index (χ2n) is 5.90. The molecular weight excluding hydrogens is 467 g/mol. The number of carbonyl (C=O) groups is 1. The van der Waals surface area contributed by atoms with Crippen molar-refractivity contribution in [3.05, 3.63) is 36.1 Å². The number of nitrogens with zero attached hydrogens (tertiary/aromatic N) is 5. The minimum Gasteiger partial charge on any atom is -0.367 e. The molecule has 144 valence electrons. The van der Waals surface area contributed by atoms with Gasteiger partial charge in [-0.2, -0.15) is 0 Å². The molecule has 1 aliphatic heterocycles. The van der Waals surface area contributed by atoms with E-state index in [-0.39, 0.29) is 36.4 Å². The van der Waals surface area contributed by atoms with Gasteiger partial charge in [-0.25, -0.2) is 4.99 Å². The zero-order chi connectivity index (χ0) is 18.2. The van der Waals surface area contributed by atoms with E-state index >= 15 is 0 Å². The van der Waals surface area contributed by atoms with Crippen LogP contribution in [0.15, 0.2) is 36.1 Å². The van der Waals surface area contributed by atoms with Gasteiger partial charge in [0.2, 0.25) is 5.91 Å². The average Bonchev–Trinajstić information content (AvgIpc) is 2.62. The van der Waals surface area contributed by atoms with Crippen LogP contribution in [0.3, 0.4) is 0 Å². The number of hydrogen-bond acceptors (Lipinski definition) is 4. The Morgan fingerprint density at radius 2 is 2.12 bits per heavy atom. The first-order valence-electron chi connectivity index (χ1n) is 8.21. The topological polar surface area (TPSA) is 64.1 Å². The standard InChI is InChI=1S/C17H25ClN6O.HI/c1-4-6-20-17(21-13-16(25)22(2)3)24-10-8-23(9-11-24)15-5-7-19-12-14(15)18;/h4-5,7,12H,1,6,8-11,13H2,2-3H3,(H,20,21);1H. The molecule has 0 aliphatic carbocycles. The lowest BCUT2D eigenvalue weighted by Crippen LogP contribution is -2.53. The van der Waals surface area contributed by atoms with Gasteiger partial charge in [-0.05, 0) is 6.07 Å². The fourth-order valence-electron chi connectivity index (χ4n) is 2.50. The number of aromatic nitrogens is 1. The molecule has 1 aromatic rings. The number of aliphatic imine (C=N–C) groups is 1. The highest BCUT2D eigenvalue weighted by atomic mass is 127. The van der Waals surface area contributed by atoms with Crippen LogP contribution in [0.5, 0.6) is 0 Å². The monoisotopic (exact) mass is 492 g/mol. The number of nitrogens with one attached hydrogen (secondary N) is 1. The number of hydrogen-bond donors (Lipinski definition) is 1. The molecule has 2 heterocycles. The predicted octanol–water partition coefficient (Wildman–Crippen LogP) is 1.69. The van der Waals surface area contributed by atoms with Crippen LogP contribution >= 0.6 is 35.6 Å². The smallest absolute Gasteiger partial charge is 0.243 e. The molecule has 0 bridgehead atoms. The van der Waals surface area contributed by atoms with E-state index in [1.165, 1.54) is 4.90 Å². The van der Waals surface area contributed by atoms with Gasteiger partial charge in [0, 0.05) is 59.2 Å². The van der Waals surface area contributed by atoms with Crippen LogP contribution in [0.25, 0.3) is 0 Å². The zero-order valence-electron chi connectivity index (χ0n) is 15.2. The van der Waals surface area contributed by atoms with E-state index in [4.69, 9.17) is 11.6 Å². The number of piperazine rings is 1.